The Labute approximate surface area is 160 Å². The van der Waals surface area contributed by atoms with Crippen LogP contribution in [0, 0.1) is 11.8 Å². The predicted octanol–water partition coefficient (Wildman–Crippen LogP) is 2.48. The lowest BCUT2D eigenvalue weighted by molar-refractivity contribution is -0.126. The minimum absolute atomic E-state index is 0.272. The van der Waals surface area contributed by atoms with Crippen molar-refractivity contribution in [2.75, 3.05) is 39.3 Å². The Morgan fingerprint density at radius 2 is 2.04 bits per heavy atom. The Morgan fingerprint density at radius 1 is 1.28 bits per heavy atom. The minimum atomic E-state index is -2.87. The van der Waals surface area contributed by atoms with Gasteiger partial charge in [0.15, 0.2) is 0 Å². The second-order valence-electron chi connectivity index (χ2n) is 6.82. The van der Waals surface area contributed by atoms with Crippen molar-refractivity contribution < 1.29 is 22.6 Å². The first kappa shape index (κ1) is 13.0. The van der Waals surface area contributed by atoms with Gasteiger partial charge in [0.1, 0.15) is 0 Å². The van der Waals surface area contributed by atoms with Gasteiger partial charge in [0.25, 0.3) is 0 Å². The van der Waals surface area contributed by atoms with E-state index in [4.69, 9.17) is 13.0 Å². The number of carbonyl (C=O) groups is 2. The molecule has 0 aromatic carbocycles. The van der Waals surface area contributed by atoms with Gasteiger partial charge in [-0.2, -0.15) is 0 Å². The molecule has 0 aliphatic carbocycles. The molecular formula is C19H35N3O3. The van der Waals surface area contributed by atoms with E-state index in [1.165, 1.54) is 0 Å². The average Bonchev–Trinajstić information content (AvgIpc) is 2.93. The maximum atomic E-state index is 12.6. The predicted molar refractivity (Wildman–Crippen MR) is 98.4 cm³/mol. The van der Waals surface area contributed by atoms with Gasteiger partial charge in [-0.3, -0.25) is 4.79 Å². The van der Waals surface area contributed by atoms with E-state index in [2.05, 4.69) is 10.2 Å². The summed E-state index contributed by atoms with van der Waals surface area (Å²) in [4.78, 5) is 28.6. The fourth-order valence-electron chi connectivity index (χ4n) is 3.63. The zero-order chi connectivity index (χ0) is 23.4. The van der Waals surface area contributed by atoms with Crippen LogP contribution < -0.4 is 5.32 Å². The molecule has 2 aliphatic heterocycles. The summed E-state index contributed by atoms with van der Waals surface area (Å²) in [6.45, 7) is 0.268. The third kappa shape index (κ3) is 6.17. The smallest absolute Gasteiger partial charge is 0.409 e. The molecule has 2 aliphatic rings. The molecule has 1 N–H and O–H groups in total. The van der Waals surface area contributed by atoms with Crippen LogP contribution >= 0.6 is 0 Å². The third-order valence-corrected chi connectivity index (χ3v) is 5.01. The lowest BCUT2D eigenvalue weighted by Gasteiger charge is -2.37. The van der Waals surface area contributed by atoms with Crippen molar-refractivity contribution in [3.63, 3.8) is 0 Å². The zero-order valence-electron chi connectivity index (χ0n) is 21.3. The number of carbonyl (C=O) groups excluding carboxylic acids is 2. The van der Waals surface area contributed by atoms with Gasteiger partial charge in [-0.1, -0.05) is 13.8 Å². The Hall–Kier alpha value is -1.30. The molecule has 0 aromatic heterocycles. The summed E-state index contributed by atoms with van der Waals surface area (Å²) in [6.07, 6.45) is 3.51. The summed E-state index contributed by atoms with van der Waals surface area (Å²) in [5.41, 5.74) is 0. The van der Waals surface area contributed by atoms with E-state index in [-0.39, 0.29) is 6.09 Å². The number of rotatable bonds is 5. The number of nitrogens with one attached hydrogen (secondary N) is 1. The molecule has 2 atom stereocenters. The van der Waals surface area contributed by atoms with E-state index in [1.807, 2.05) is 0 Å². The van der Waals surface area contributed by atoms with E-state index < -0.39 is 31.1 Å². The molecule has 6 heteroatoms. The molecular weight excluding hydrogens is 318 g/mol. The normalized spacial score (nSPS) is 30.3. The van der Waals surface area contributed by atoms with Crippen LogP contribution in [0.2, 0.25) is 0 Å². The zero-order valence-corrected chi connectivity index (χ0v) is 15.3. The van der Waals surface area contributed by atoms with Crippen LogP contribution in [0.25, 0.3) is 0 Å². The number of ether oxygens (including phenoxy) is 1. The molecule has 2 amide bonds. The second-order valence-corrected chi connectivity index (χ2v) is 6.82. The van der Waals surface area contributed by atoms with Gasteiger partial charge in [-0.25, -0.2) is 4.79 Å². The maximum absolute atomic E-state index is 12.6. The third-order valence-electron chi connectivity index (χ3n) is 5.01. The average molecular weight is 360 g/mol. The number of nitrogens with zero attached hydrogens (tertiary/aromatic N) is 2. The topological polar surface area (TPSA) is 61.9 Å². The number of hydrogen-bond donors (Lipinski definition) is 1. The van der Waals surface area contributed by atoms with Gasteiger partial charge in [-0.05, 0) is 58.0 Å². The Kier molecular flexibility index (Phi) is 5.18. The molecule has 144 valence electrons. The summed E-state index contributed by atoms with van der Waals surface area (Å²) in [7, 11) is 0. The molecule has 2 unspecified atom stereocenters. The fourth-order valence-corrected chi connectivity index (χ4v) is 3.63. The van der Waals surface area contributed by atoms with Crippen LogP contribution in [0.1, 0.15) is 61.0 Å². The van der Waals surface area contributed by atoms with Crippen molar-refractivity contribution in [2.45, 2.75) is 58.8 Å². The molecule has 0 spiro atoms. The molecule has 2 rings (SSSR count). The quantitative estimate of drug-likeness (QED) is 0.819. The van der Waals surface area contributed by atoms with Crippen molar-refractivity contribution >= 4 is 12.0 Å². The van der Waals surface area contributed by atoms with E-state index in [9.17, 15) is 9.59 Å². The highest BCUT2D eigenvalue weighted by Gasteiger charge is 2.30. The lowest BCUT2D eigenvalue weighted by Crippen LogP contribution is -2.45. The molecule has 2 heterocycles. The summed E-state index contributed by atoms with van der Waals surface area (Å²) < 4.78 is 51.2. The summed E-state index contributed by atoms with van der Waals surface area (Å²) in [5.74, 6) is -3.41. The van der Waals surface area contributed by atoms with Gasteiger partial charge in [0, 0.05) is 39.8 Å². The first-order valence-electron chi connectivity index (χ1n) is 12.3. The summed E-state index contributed by atoms with van der Waals surface area (Å²) in [5, 5.41) is 2.18. The number of hydrogen-bond acceptors (Lipinski definition) is 4. The van der Waals surface area contributed by atoms with Crippen molar-refractivity contribution in [2.24, 2.45) is 11.8 Å². The number of piperidine rings is 1. The molecule has 0 radical (unpaired) electrons. The molecule has 25 heavy (non-hydrogen) atoms. The van der Waals surface area contributed by atoms with E-state index in [1.54, 1.807) is 11.8 Å². The molecule has 0 bridgehead atoms. The van der Waals surface area contributed by atoms with Crippen molar-refractivity contribution in [3.05, 3.63) is 0 Å². The lowest BCUT2D eigenvalue weighted by atomic mass is 9.93. The molecule has 6 nitrogen and oxygen atoms in total. The first-order chi connectivity index (χ1) is 14.3. The minimum Gasteiger partial charge on any atom is -0.450 e. The molecule has 2 saturated heterocycles. The molecule has 0 saturated carbocycles. The van der Waals surface area contributed by atoms with Crippen LogP contribution in [0.15, 0.2) is 0 Å². The van der Waals surface area contributed by atoms with Crippen LogP contribution in [0.5, 0.6) is 0 Å². The SMILES string of the molecule is [2H]C([2H])([2H])C([2H])(C)C([2H])([2H])NC(=O)C1CCN(C2CCCN(C(=O)OCC)CC2)CC1. The monoisotopic (exact) mass is 359 g/mol. The Morgan fingerprint density at radius 3 is 2.72 bits per heavy atom. The summed E-state index contributed by atoms with van der Waals surface area (Å²) >= 11 is 0. The second kappa shape index (κ2) is 10.00. The maximum Gasteiger partial charge on any atom is 0.409 e. The fraction of sp³-hybridized carbons (Fsp3) is 0.895. The van der Waals surface area contributed by atoms with Crippen LogP contribution in [0.3, 0.4) is 0 Å². The Balaban J connectivity index is 1.87. The number of amides is 2. The van der Waals surface area contributed by atoms with E-state index >= 15 is 0 Å². The van der Waals surface area contributed by atoms with Crippen molar-refractivity contribution in [3.8, 4) is 0 Å². The highest BCUT2D eigenvalue weighted by atomic mass is 16.6. The van der Waals surface area contributed by atoms with Gasteiger partial charge >= 0.3 is 6.09 Å². The van der Waals surface area contributed by atoms with Crippen LogP contribution in [-0.2, 0) is 9.53 Å². The van der Waals surface area contributed by atoms with Crippen LogP contribution in [0.4, 0.5) is 4.79 Å². The van der Waals surface area contributed by atoms with Gasteiger partial charge in [0.2, 0.25) is 5.91 Å². The first-order valence-corrected chi connectivity index (χ1v) is 9.28. The molecule has 2 fully saturated rings. The van der Waals surface area contributed by atoms with Gasteiger partial charge < -0.3 is 19.9 Å². The largest absolute Gasteiger partial charge is 0.450 e. The van der Waals surface area contributed by atoms with Gasteiger partial charge in [-0.15, -0.1) is 0 Å². The molecule has 0 aromatic rings. The Bertz CT molecular complexity index is 636. The number of likely N-dealkylation sites (tertiary alicyclic amines) is 2. The van der Waals surface area contributed by atoms with Crippen molar-refractivity contribution in [1.29, 1.82) is 0 Å². The van der Waals surface area contributed by atoms with Gasteiger partial charge in [0.05, 0.1) is 6.61 Å². The standard InChI is InChI=1S/C19H35N3O3/c1-4-25-19(24)22-10-5-6-17(9-13-22)21-11-7-16(8-12-21)18(23)20-14-15(2)3/h15-17H,4-14H2,1-3H3,(H,20,23)/i2D3,14D2,15D. The highest BCUT2D eigenvalue weighted by molar-refractivity contribution is 5.78. The van der Waals surface area contributed by atoms with E-state index in [0.29, 0.717) is 51.7 Å². The van der Waals surface area contributed by atoms with Crippen LogP contribution in [-0.4, -0.2) is 67.1 Å². The van der Waals surface area contributed by atoms with E-state index in [0.717, 1.165) is 26.2 Å². The van der Waals surface area contributed by atoms with Crippen molar-refractivity contribution in [1.82, 2.24) is 15.1 Å². The summed E-state index contributed by atoms with van der Waals surface area (Å²) in [6, 6.07) is 0.321. The highest BCUT2D eigenvalue weighted by Crippen LogP contribution is 2.24.